The summed E-state index contributed by atoms with van der Waals surface area (Å²) in [5.41, 5.74) is 0. The van der Waals surface area contributed by atoms with Crippen LogP contribution in [-0.2, 0) is 0 Å². The molecule has 19 heavy (non-hydrogen) atoms. The number of hydrogen-bond donors (Lipinski definition) is 0. The van der Waals surface area contributed by atoms with E-state index in [1.807, 2.05) is 4.31 Å². The van der Waals surface area contributed by atoms with Gasteiger partial charge in [-0.05, 0) is 24.4 Å². The summed E-state index contributed by atoms with van der Waals surface area (Å²) in [4.78, 5) is 0. The zero-order chi connectivity index (χ0) is 14.6. The number of unbranched alkanes of at least 4 members (excludes halogenated alkanes) is 13. The summed E-state index contributed by atoms with van der Waals surface area (Å²) in [5, 5.41) is 0. The Kier molecular flexibility index (Phi) is 26.4. The molecule has 0 N–H and O–H groups in total. The molecule has 0 saturated heterocycles. The zero-order valence-corrected chi connectivity index (χ0v) is 14.8. The van der Waals surface area contributed by atoms with Crippen LogP contribution in [0.25, 0.3) is 0 Å². The van der Waals surface area contributed by atoms with Crippen molar-refractivity contribution >= 4 is 28.7 Å². The van der Waals surface area contributed by atoms with Crippen LogP contribution in [-0.4, -0.2) is 4.31 Å². The summed E-state index contributed by atoms with van der Waals surface area (Å²) in [6.45, 7) is 4.58. The van der Waals surface area contributed by atoms with E-state index in [1.54, 1.807) is 0 Å². The first kappa shape index (κ1) is 21.5. The summed E-state index contributed by atoms with van der Waals surface area (Å²) in [7, 11) is 0. The molecule has 0 aliphatic carbocycles. The third-order valence-corrected chi connectivity index (χ3v) is 3.46. The molecule has 0 unspecified atom stereocenters. The van der Waals surface area contributed by atoms with E-state index in [0.717, 1.165) is 0 Å². The molecule has 0 bridgehead atoms. The van der Waals surface area contributed by atoms with Gasteiger partial charge in [0.05, 0.1) is 0 Å². The van der Waals surface area contributed by atoms with E-state index in [-0.39, 0.29) is 0 Å². The molecule has 0 nitrogen and oxygen atoms in total. The van der Waals surface area contributed by atoms with Crippen LogP contribution < -0.4 is 0 Å². The minimum Gasteiger partial charge on any atom is -0.0654 e. The Morgan fingerprint density at radius 1 is 0.474 bits per heavy atom. The molecule has 0 aromatic rings. The van der Waals surface area contributed by atoms with Crippen LogP contribution in [0, 0.1) is 0 Å². The van der Waals surface area contributed by atoms with Gasteiger partial charge < -0.3 is 0 Å². The predicted molar refractivity (Wildman–Crippen MR) is 96.2 cm³/mol. The Bertz CT molecular complexity index is 158. The molecule has 0 atom stereocenters. The molecule has 0 spiro atoms. The number of thiocarbonyl (C=S) groups is 2. The third kappa shape index (κ3) is 27.4. The monoisotopic (exact) mass is 302 g/mol. The van der Waals surface area contributed by atoms with Crippen molar-refractivity contribution < 1.29 is 0 Å². The Hall–Kier alpha value is 0.220. The highest BCUT2D eigenvalue weighted by molar-refractivity contribution is 7.93. The van der Waals surface area contributed by atoms with E-state index in [4.69, 9.17) is 0 Å². The first-order valence-electron chi connectivity index (χ1n) is 8.32. The van der Waals surface area contributed by atoms with E-state index >= 15 is 0 Å². The predicted octanol–water partition coefficient (Wildman–Crippen LogP) is 7.51. The van der Waals surface area contributed by atoms with Crippen molar-refractivity contribution in [3.63, 3.8) is 0 Å². The molecular formula is C17H34S2. The lowest BCUT2D eigenvalue weighted by Gasteiger charge is -2.02. The molecule has 0 aromatic carbocycles. The maximum absolute atomic E-state index is 3.96. The van der Waals surface area contributed by atoms with Crippen molar-refractivity contribution in [3.05, 3.63) is 0 Å². The van der Waals surface area contributed by atoms with E-state index < -0.39 is 0 Å². The largest absolute Gasteiger partial charge is 0.0654 e. The molecule has 114 valence electrons. The normalized spacial score (nSPS) is 9.58. The molecule has 0 amide bonds. The minimum absolute atomic E-state index is 1.37. The topological polar surface area (TPSA) is 0 Å². The summed E-state index contributed by atoms with van der Waals surface area (Å²) >= 11 is 7.92. The van der Waals surface area contributed by atoms with Crippen LogP contribution in [0.5, 0.6) is 0 Å². The van der Waals surface area contributed by atoms with Gasteiger partial charge in [0.1, 0.15) is 0 Å². The fourth-order valence-corrected chi connectivity index (χ4v) is 2.27. The highest BCUT2D eigenvalue weighted by Crippen LogP contribution is 2.12. The van der Waals surface area contributed by atoms with Gasteiger partial charge in [-0.3, -0.25) is 0 Å². The van der Waals surface area contributed by atoms with Gasteiger partial charge in [0, 0.05) is 4.31 Å². The van der Waals surface area contributed by atoms with E-state index in [2.05, 4.69) is 38.3 Å². The third-order valence-electron chi connectivity index (χ3n) is 3.46. The van der Waals surface area contributed by atoms with E-state index in [0.29, 0.717) is 0 Å². The molecule has 0 aromatic heterocycles. The number of hydrogen-bond acceptors (Lipinski definition) is 2. The Morgan fingerprint density at radius 3 is 0.789 bits per heavy atom. The fraction of sp³-hybridized carbons (Fsp3) is 0.941. The van der Waals surface area contributed by atoms with Crippen molar-refractivity contribution in [1.82, 2.24) is 0 Å². The summed E-state index contributed by atoms with van der Waals surface area (Å²) in [6.07, 6.45) is 20.4. The van der Waals surface area contributed by atoms with Gasteiger partial charge in [0.15, 0.2) is 0 Å². The molecule has 0 saturated carbocycles. The molecule has 0 fully saturated rings. The second-order valence-corrected chi connectivity index (χ2v) is 5.99. The lowest BCUT2D eigenvalue weighted by Crippen LogP contribution is -1.82. The lowest BCUT2D eigenvalue weighted by atomic mass is 10.0. The molecule has 0 rings (SSSR count). The quantitative estimate of drug-likeness (QED) is 0.255. The van der Waals surface area contributed by atoms with Crippen LogP contribution in [0.1, 0.15) is 104 Å². The van der Waals surface area contributed by atoms with Crippen molar-refractivity contribution in [3.8, 4) is 0 Å². The van der Waals surface area contributed by atoms with Crippen LogP contribution in [0.2, 0.25) is 0 Å². The van der Waals surface area contributed by atoms with Gasteiger partial charge in [-0.15, -0.1) is 0 Å². The molecule has 0 radical (unpaired) electrons. The average Bonchev–Trinajstić information content (AvgIpc) is 2.41. The van der Waals surface area contributed by atoms with Gasteiger partial charge in [-0.1, -0.05) is 104 Å². The fourth-order valence-electron chi connectivity index (χ4n) is 2.27. The summed E-state index contributed by atoms with van der Waals surface area (Å²) in [5.74, 6) is 0. The maximum Gasteiger partial charge on any atom is 0.0297 e. The molecular weight excluding hydrogens is 268 g/mol. The van der Waals surface area contributed by atoms with Crippen LogP contribution in [0.3, 0.4) is 0 Å². The van der Waals surface area contributed by atoms with Crippen molar-refractivity contribution in [1.29, 1.82) is 0 Å². The molecule has 0 heterocycles. The van der Waals surface area contributed by atoms with E-state index in [9.17, 15) is 0 Å². The second-order valence-electron chi connectivity index (χ2n) is 5.33. The maximum atomic E-state index is 3.96. The van der Waals surface area contributed by atoms with Gasteiger partial charge in [-0.2, -0.15) is 0 Å². The Labute approximate surface area is 132 Å². The smallest absolute Gasteiger partial charge is 0.0297 e. The molecule has 2 heteroatoms. The van der Waals surface area contributed by atoms with Gasteiger partial charge in [0.2, 0.25) is 0 Å². The highest BCUT2D eigenvalue weighted by atomic mass is 32.1. The van der Waals surface area contributed by atoms with Gasteiger partial charge in [0.25, 0.3) is 0 Å². The van der Waals surface area contributed by atoms with Crippen molar-refractivity contribution in [2.75, 3.05) is 0 Å². The minimum atomic E-state index is 1.37. The second kappa shape index (κ2) is 23.3. The van der Waals surface area contributed by atoms with Crippen molar-refractivity contribution in [2.45, 2.75) is 104 Å². The van der Waals surface area contributed by atoms with Crippen LogP contribution in [0.15, 0.2) is 0 Å². The highest BCUT2D eigenvalue weighted by Gasteiger charge is 1.92. The summed E-state index contributed by atoms with van der Waals surface area (Å²) < 4.78 is 1.92. The first-order chi connectivity index (χ1) is 9.33. The first-order valence-corrected chi connectivity index (χ1v) is 9.14. The lowest BCUT2D eigenvalue weighted by molar-refractivity contribution is 0.538. The molecule has 0 aliphatic heterocycles. The van der Waals surface area contributed by atoms with Crippen LogP contribution >= 0.6 is 24.4 Å². The molecule has 0 aliphatic rings. The van der Waals surface area contributed by atoms with Crippen LogP contribution in [0.4, 0.5) is 0 Å². The standard InChI is InChI=1S/C16H34.CS2/c1-3-5-7-9-11-13-15-16-14-12-10-8-6-4-2;2-1-3/h3-16H2,1-2H3;. The van der Waals surface area contributed by atoms with Gasteiger partial charge >= 0.3 is 0 Å². The summed E-state index contributed by atoms with van der Waals surface area (Å²) in [6, 6.07) is 0. The van der Waals surface area contributed by atoms with Crippen molar-refractivity contribution in [2.24, 2.45) is 0 Å². The number of rotatable bonds is 13. The van der Waals surface area contributed by atoms with E-state index in [1.165, 1.54) is 89.9 Å². The average molecular weight is 303 g/mol. The zero-order valence-electron chi connectivity index (χ0n) is 13.2. The Balaban J connectivity index is 0. The van der Waals surface area contributed by atoms with Gasteiger partial charge in [-0.25, -0.2) is 0 Å². The Morgan fingerprint density at radius 2 is 0.632 bits per heavy atom. The SMILES string of the molecule is CCCCCCCCCCCCCCCC.S=C=S.